The number of nitrogens with zero attached hydrogens (tertiary/aromatic N) is 3. The quantitative estimate of drug-likeness (QED) is 0.862. The van der Waals surface area contributed by atoms with Crippen molar-refractivity contribution in [3.05, 3.63) is 12.3 Å². The first kappa shape index (κ1) is 11.7. The molecule has 98 valence electrons. The molecule has 3 rings (SSSR count). The highest BCUT2D eigenvalue weighted by atomic mass is 16.5. The molecule has 2 aliphatic rings. The molecule has 18 heavy (non-hydrogen) atoms. The molecule has 2 aliphatic heterocycles. The lowest BCUT2D eigenvalue weighted by molar-refractivity contribution is 0.232. The van der Waals surface area contributed by atoms with Crippen LogP contribution in [0.3, 0.4) is 0 Å². The van der Waals surface area contributed by atoms with Crippen LogP contribution in [0, 0.1) is 11.8 Å². The summed E-state index contributed by atoms with van der Waals surface area (Å²) in [5.41, 5.74) is 0. The highest BCUT2D eigenvalue weighted by Crippen LogP contribution is 2.29. The van der Waals surface area contributed by atoms with E-state index < -0.39 is 0 Å². The van der Waals surface area contributed by atoms with Gasteiger partial charge >= 0.3 is 0 Å². The predicted molar refractivity (Wildman–Crippen MR) is 69.9 cm³/mol. The first-order chi connectivity index (χ1) is 8.72. The van der Waals surface area contributed by atoms with Gasteiger partial charge in [0, 0.05) is 38.4 Å². The molecule has 5 heteroatoms. The van der Waals surface area contributed by atoms with E-state index in [2.05, 4.69) is 20.2 Å². The minimum atomic E-state index is 0.148. The lowest BCUT2D eigenvalue weighted by Crippen LogP contribution is -2.27. The molecular formula is C13H20N4O. The van der Waals surface area contributed by atoms with Gasteiger partial charge in [0.05, 0.1) is 6.10 Å². The minimum absolute atomic E-state index is 0.148. The summed E-state index contributed by atoms with van der Waals surface area (Å²) in [4.78, 5) is 11.1. The summed E-state index contributed by atoms with van der Waals surface area (Å²) in [5.74, 6) is 2.99. The van der Waals surface area contributed by atoms with Crippen molar-refractivity contribution in [2.45, 2.75) is 20.0 Å². The Morgan fingerprint density at radius 2 is 2.06 bits per heavy atom. The van der Waals surface area contributed by atoms with Crippen LogP contribution >= 0.6 is 0 Å². The molecule has 3 heterocycles. The number of ether oxygens (including phenoxy) is 1. The normalized spacial score (nSPS) is 26.7. The highest BCUT2D eigenvalue weighted by molar-refractivity contribution is 5.34. The first-order valence-electron chi connectivity index (χ1n) is 6.68. The van der Waals surface area contributed by atoms with Gasteiger partial charge in [0.25, 0.3) is 0 Å². The summed E-state index contributed by atoms with van der Waals surface area (Å²) < 4.78 is 5.62. The smallest absolute Gasteiger partial charge is 0.228 e. The van der Waals surface area contributed by atoms with Crippen molar-refractivity contribution in [1.82, 2.24) is 15.3 Å². The number of hydrogen-bond donors (Lipinski definition) is 1. The average Bonchev–Trinajstić information content (AvgIpc) is 2.88. The van der Waals surface area contributed by atoms with E-state index in [-0.39, 0.29) is 6.10 Å². The van der Waals surface area contributed by atoms with Gasteiger partial charge in [-0.3, -0.25) is 0 Å². The maximum absolute atomic E-state index is 5.62. The van der Waals surface area contributed by atoms with Gasteiger partial charge in [-0.25, -0.2) is 4.98 Å². The van der Waals surface area contributed by atoms with Gasteiger partial charge in [0.15, 0.2) is 0 Å². The third-order valence-corrected chi connectivity index (χ3v) is 3.65. The Morgan fingerprint density at radius 1 is 1.33 bits per heavy atom. The summed E-state index contributed by atoms with van der Waals surface area (Å²) in [7, 11) is 0. The van der Waals surface area contributed by atoms with Gasteiger partial charge in [-0.2, -0.15) is 4.98 Å². The molecular weight excluding hydrogens is 228 g/mol. The van der Waals surface area contributed by atoms with Gasteiger partial charge in [-0.15, -0.1) is 0 Å². The van der Waals surface area contributed by atoms with Crippen LogP contribution in [0.5, 0.6) is 5.88 Å². The summed E-state index contributed by atoms with van der Waals surface area (Å²) in [6, 6.07) is 1.82. The molecule has 5 nitrogen and oxygen atoms in total. The number of nitrogens with one attached hydrogen (secondary N) is 1. The van der Waals surface area contributed by atoms with Crippen molar-refractivity contribution < 1.29 is 4.74 Å². The Labute approximate surface area is 108 Å². The van der Waals surface area contributed by atoms with Crippen LogP contribution in [0.15, 0.2) is 12.3 Å². The topological polar surface area (TPSA) is 50.3 Å². The lowest BCUT2D eigenvalue weighted by Gasteiger charge is -2.18. The fraction of sp³-hybridized carbons (Fsp3) is 0.692. The SMILES string of the molecule is CC(C)Oc1ccnc(N2C[C@H]3CNC[C@H]3C2)n1. The van der Waals surface area contributed by atoms with Gasteiger partial charge < -0.3 is 15.0 Å². The van der Waals surface area contributed by atoms with Gasteiger partial charge in [-0.1, -0.05) is 0 Å². The zero-order valence-electron chi connectivity index (χ0n) is 11.0. The number of aromatic nitrogens is 2. The maximum atomic E-state index is 5.62. The second kappa shape index (κ2) is 4.72. The third-order valence-electron chi connectivity index (χ3n) is 3.65. The van der Waals surface area contributed by atoms with Crippen LogP contribution < -0.4 is 15.0 Å². The van der Waals surface area contributed by atoms with Gasteiger partial charge in [0.1, 0.15) is 0 Å². The summed E-state index contributed by atoms with van der Waals surface area (Å²) in [6.45, 7) is 8.39. The molecule has 2 fully saturated rings. The number of rotatable bonds is 3. The summed E-state index contributed by atoms with van der Waals surface area (Å²) >= 11 is 0. The molecule has 0 radical (unpaired) electrons. The molecule has 0 unspecified atom stereocenters. The van der Waals surface area contributed by atoms with E-state index in [1.165, 1.54) is 0 Å². The van der Waals surface area contributed by atoms with Crippen LogP contribution in [0.2, 0.25) is 0 Å². The minimum Gasteiger partial charge on any atom is -0.475 e. The maximum Gasteiger partial charge on any atom is 0.228 e. The van der Waals surface area contributed by atoms with E-state index in [0.717, 1.165) is 44.0 Å². The zero-order chi connectivity index (χ0) is 12.5. The van der Waals surface area contributed by atoms with Crippen molar-refractivity contribution in [3.8, 4) is 5.88 Å². The average molecular weight is 248 g/mol. The molecule has 1 aromatic rings. The molecule has 1 N–H and O–H groups in total. The van der Waals surface area contributed by atoms with Gasteiger partial charge in [-0.05, 0) is 25.7 Å². The van der Waals surface area contributed by atoms with Crippen LogP contribution in [-0.2, 0) is 0 Å². The highest BCUT2D eigenvalue weighted by Gasteiger charge is 2.37. The third kappa shape index (κ3) is 2.27. The van der Waals surface area contributed by atoms with Crippen molar-refractivity contribution in [2.24, 2.45) is 11.8 Å². The van der Waals surface area contributed by atoms with E-state index >= 15 is 0 Å². The summed E-state index contributed by atoms with van der Waals surface area (Å²) in [6.07, 6.45) is 1.93. The van der Waals surface area contributed by atoms with Crippen LogP contribution in [-0.4, -0.2) is 42.3 Å². The Kier molecular flexibility index (Phi) is 3.07. The van der Waals surface area contributed by atoms with Crippen molar-refractivity contribution in [3.63, 3.8) is 0 Å². The second-order valence-electron chi connectivity index (χ2n) is 5.44. The van der Waals surface area contributed by atoms with E-state index in [1.807, 2.05) is 19.9 Å². The molecule has 0 saturated carbocycles. The monoisotopic (exact) mass is 248 g/mol. The Balaban J connectivity index is 1.72. The molecule has 1 aromatic heterocycles. The van der Waals surface area contributed by atoms with Crippen LogP contribution in [0.1, 0.15) is 13.8 Å². The van der Waals surface area contributed by atoms with Gasteiger partial charge in [0.2, 0.25) is 11.8 Å². The number of fused-ring (bicyclic) bond motifs is 1. The Bertz CT molecular complexity index is 411. The van der Waals surface area contributed by atoms with E-state index in [0.29, 0.717) is 5.88 Å². The largest absolute Gasteiger partial charge is 0.475 e. The van der Waals surface area contributed by atoms with E-state index in [4.69, 9.17) is 4.74 Å². The number of hydrogen-bond acceptors (Lipinski definition) is 5. The zero-order valence-corrected chi connectivity index (χ0v) is 11.0. The van der Waals surface area contributed by atoms with Crippen LogP contribution in [0.4, 0.5) is 5.95 Å². The first-order valence-corrected chi connectivity index (χ1v) is 6.68. The standard InChI is InChI=1S/C13H20N4O/c1-9(2)18-12-3-4-15-13(16-12)17-7-10-5-14-6-11(10)8-17/h3-4,9-11,14H,5-8H2,1-2H3/t10-,11+. The van der Waals surface area contributed by atoms with E-state index in [9.17, 15) is 0 Å². The summed E-state index contributed by atoms with van der Waals surface area (Å²) in [5, 5.41) is 3.44. The number of anilines is 1. The fourth-order valence-corrected chi connectivity index (χ4v) is 2.81. The van der Waals surface area contributed by atoms with Crippen LogP contribution in [0.25, 0.3) is 0 Å². The molecule has 0 aromatic carbocycles. The molecule has 0 spiro atoms. The predicted octanol–water partition coefficient (Wildman–Crippen LogP) is 0.919. The van der Waals surface area contributed by atoms with Crippen molar-refractivity contribution >= 4 is 5.95 Å². The molecule has 2 atom stereocenters. The molecule has 0 bridgehead atoms. The fourth-order valence-electron chi connectivity index (χ4n) is 2.81. The second-order valence-corrected chi connectivity index (χ2v) is 5.44. The molecule has 2 saturated heterocycles. The molecule has 0 aliphatic carbocycles. The van der Waals surface area contributed by atoms with E-state index in [1.54, 1.807) is 6.20 Å². The van der Waals surface area contributed by atoms with Crippen molar-refractivity contribution in [1.29, 1.82) is 0 Å². The lowest BCUT2D eigenvalue weighted by atomic mass is 10.0. The Hall–Kier alpha value is -1.36. The van der Waals surface area contributed by atoms with Crippen molar-refractivity contribution in [2.75, 3.05) is 31.1 Å². The Morgan fingerprint density at radius 3 is 2.72 bits per heavy atom. The molecule has 0 amide bonds.